The van der Waals surface area contributed by atoms with Crippen LogP contribution in [-0.2, 0) is 4.74 Å². The molecule has 1 aromatic heterocycles. The van der Waals surface area contributed by atoms with Gasteiger partial charge in [-0.15, -0.1) is 0 Å². The smallest absolute Gasteiger partial charge is 0.256 e. The van der Waals surface area contributed by atoms with Crippen molar-refractivity contribution in [2.24, 2.45) is 0 Å². The summed E-state index contributed by atoms with van der Waals surface area (Å²) < 4.78 is 11.0. The Kier molecular flexibility index (Phi) is 7.42. The van der Waals surface area contributed by atoms with Gasteiger partial charge in [-0.1, -0.05) is 17.9 Å². The zero-order valence-electron chi connectivity index (χ0n) is 17.8. The lowest BCUT2D eigenvalue weighted by Gasteiger charge is -2.15. The number of pyridine rings is 1. The van der Waals surface area contributed by atoms with Crippen LogP contribution in [0.4, 0.5) is 11.5 Å². The molecule has 1 atom stereocenters. The molecule has 0 aliphatic heterocycles. The average molecular weight is 426 g/mol. The van der Waals surface area contributed by atoms with Gasteiger partial charge in [-0.05, 0) is 55.5 Å². The normalized spacial score (nSPS) is 10.9. The van der Waals surface area contributed by atoms with Crippen LogP contribution in [0.15, 0.2) is 60.8 Å². The summed E-state index contributed by atoms with van der Waals surface area (Å²) in [6, 6.07) is 17.5. The summed E-state index contributed by atoms with van der Waals surface area (Å²) in [4.78, 5) is 16.9. The van der Waals surface area contributed by atoms with Gasteiger partial charge < -0.3 is 20.5 Å². The van der Waals surface area contributed by atoms with Crippen molar-refractivity contribution < 1.29 is 14.3 Å². The minimum absolute atomic E-state index is 0.215. The van der Waals surface area contributed by atoms with Crippen LogP contribution >= 0.6 is 0 Å². The van der Waals surface area contributed by atoms with Crippen molar-refractivity contribution in [3.05, 3.63) is 83.0 Å². The number of anilines is 2. The summed E-state index contributed by atoms with van der Waals surface area (Å²) in [7, 11) is 1.59. The molecule has 1 amide bonds. The monoisotopic (exact) mass is 426 g/mol. The standard InChI is InChI=1S/C25H22N4O3/c1-17(16-31-2)32-23-12-19(7-6-18-4-3-5-22(27)11-18)10-21(13-23)25(30)29-24-9-8-20(14-26)15-28-24/h3-5,8-13,15,17H,16,27H2,1-2H3,(H,28,29,30)/t17-/m0/s1. The molecular formula is C25H22N4O3. The van der Waals surface area contributed by atoms with Crippen LogP contribution in [0.3, 0.4) is 0 Å². The Bertz CT molecular complexity index is 1200. The Morgan fingerprint density at radius 2 is 1.94 bits per heavy atom. The second-order valence-electron chi connectivity index (χ2n) is 7.00. The van der Waals surface area contributed by atoms with Crippen molar-refractivity contribution in [2.75, 3.05) is 24.8 Å². The number of carbonyl (C=O) groups is 1. The number of nitrogens with two attached hydrogens (primary N) is 1. The molecule has 7 heteroatoms. The second kappa shape index (κ2) is 10.6. The molecule has 3 N–H and O–H groups in total. The summed E-state index contributed by atoms with van der Waals surface area (Å²) >= 11 is 0. The lowest BCUT2D eigenvalue weighted by Crippen LogP contribution is -2.19. The topological polar surface area (TPSA) is 110 Å². The van der Waals surface area contributed by atoms with E-state index in [1.54, 1.807) is 49.6 Å². The van der Waals surface area contributed by atoms with Gasteiger partial charge in [0.05, 0.1) is 12.2 Å². The number of amides is 1. The lowest BCUT2D eigenvalue weighted by atomic mass is 10.1. The molecule has 0 aliphatic rings. The van der Waals surface area contributed by atoms with E-state index >= 15 is 0 Å². The number of nitrogens with zero attached hydrogens (tertiary/aromatic N) is 2. The Morgan fingerprint density at radius 3 is 2.62 bits per heavy atom. The summed E-state index contributed by atoms with van der Waals surface area (Å²) in [5, 5.41) is 11.6. The molecule has 0 saturated carbocycles. The second-order valence-corrected chi connectivity index (χ2v) is 7.00. The third kappa shape index (κ3) is 6.33. The highest BCUT2D eigenvalue weighted by Crippen LogP contribution is 2.20. The molecule has 0 bridgehead atoms. The molecule has 0 fully saturated rings. The SMILES string of the molecule is COC[C@H](C)Oc1cc(C#Cc2cccc(N)c2)cc(C(=O)Nc2ccc(C#N)cn2)c1. The van der Waals surface area contributed by atoms with Gasteiger partial charge in [0.25, 0.3) is 5.91 Å². The van der Waals surface area contributed by atoms with E-state index in [0.29, 0.717) is 40.6 Å². The summed E-state index contributed by atoms with van der Waals surface area (Å²) in [5.74, 6) is 6.56. The van der Waals surface area contributed by atoms with Crippen molar-refractivity contribution >= 4 is 17.4 Å². The fraction of sp³-hybridized carbons (Fsp3) is 0.160. The zero-order valence-corrected chi connectivity index (χ0v) is 17.8. The number of nitriles is 1. The van der Waals surface area contributed by atoms with E-state index in [9.17, 15) is 4.79 Å². The van der Waals surface area contributed by atoms with Gasteiger partial charge in [0.1, 0.15) is 23.7 Å². The third-order valence-corrected chi connectivity index (χ3v) is 4.28. The number of benzene rings is 2. The quantitative estimate of drug-likeness (QED) is 0.460. The van der Waals surface area contributed by atoms with E-state index in [2.05, 4.69) is 22.1 Å². The molecular weight excluding hydrogens is 404 g/mol. The number of aromatic nitrogens is 1. The van der Waals surface area contributed by atoms with Crippen LogP contribution in [0.1, 0.15) is 34.0 Å². The molecule has 32 heavy (non-hydrogen) atoms. The van der Waals surface area contributed by atoms with E-state index in [4.69, 9.17) is 20.5 Å². The predicted molar refractivity (Wildman–Crippen MR) is 122 cm³/mol. The molecule has 2 aromatic carbocycles. The largest absolute Gasteiger partial charge is 0.488 e. The Balaban J connectivity index is 1.90. The number of hydrogen-bond acceptors (Lipinski definition) is 6. The van der Waals surface area contributed by atoms with Crippen LogP contribution in [0, 0.1) is 23.2 Å². The summed E-state index contributed by atoms with van der Waals surface area (Å²) in [6.45, 7) is 2.27. The molecule has 3 aromatic rings. The zero-order chi connectivity index (χ0) is 22.9. The van der Waals surface area contributed by atoms with Crippen molar-refractivity contribution in [2.45, 2.75) is 13.0 Å². The van der Waals surface area contributed by atoms with Gasteiger partial charge >= 0.3 is 0 Å². The number of hydrogen-bond donors (Lipinski definition) is 2. The van der Waals surface area contributed by atoms with Gasteiger partial charge in [-0.2, -0.15) is 5.26 Å². The molecule has 0 aliphatic carbocycles. The minimum Gasteiger partial charge on any atom is -0.488 e. The van der Waals surface area contributed by atoms with Gasteiger partial charge in [-0.25, -0.2) is 4.98 Å². The number of methoxy groups -OCH3 is 1. The molecule has 3 rings (SSSR count). The van der Waals surface area contributed by atoms with Gasteiger partial charge in [0.2, 0.25) is 0 Å². The maximum absolute atomic E-state index is 12.8. The molecule has 0 unspecified atom stereocenters. The van der Waals surface area contributed by atoms with Crippen molar-refractivity contribution in [1.29, 1.82) is 5.26 Å². The lowest BCUT2D eigenvalue weighted by molar-refractivity contribution is 0.0917. The highest BCUT2D eigenvalue weighted by Gasteiger charge is 2.12. The van der Waals surface area contributed by atoms with Crippen LogP contribution < -0.4 is 15.8 Å². The summed E-state index contributed by atoms with van der Waals surface area (Å²) in [6.07, 6.45) is 1.18. The van der Waals surface area contributed by atoms with Crippen LogP contribution in [0.2, 0.25) is 0 Å². The van der Waals surface area contributed by atoms with Crippen LogP contribution in [0.25, 0.3) is 0 Å². The molecule has 7 nitrogen and oxygen atoms in total. The van der Waals surface area contributed by atoms with Gasteiger partial charge in [0.15, 0.2) is 0 Å². The van der Waals surface area contributed by atoms with Crippen molar-refractivity contribution in [3.63, 3.8) is 0 Å². The molecule has 160 valence electrons. The molecule has 1 heterocycles. The van der Waals surface area contributed by atoms with E-state index in [0.717, 1.165) is 5.56 Å². The maximum atomic E-state index is 12.8. The van der Waals surface area contributed by atoms with E-state index in [1.165, 1.54) is 6.20 Å². The van der Waals surface area contributed by atoms with E-state index < -0.39 is 0 Å². The maximum Gasteiger partial charge on any atom is 0.256 e. The first-order chi connectivity index (χ1) is 15.5. The number of ether oxygens (including phenoxy) is 2. The first-order valence-corrected chi connectivity index (χ1v) is 9.82. The summed E-state index contributed by atoms with van der Waals surface area (Å²) in [5.41, 5.74) is 8.57. The van der Waals surface area contributed by atoms with Gasteiger partial charge in [0, 0.05) is 35.7 Å². The van der Waals surface area contributed by atoms with Crippen LogP contribution in [-0.4, -0.2) is 30.7 Å². The highest BCUT2D eigenvalue weighted by atomic mass is 16.5. The first-order valence-electron chi connectivity index (χ1n) is 9.82. The number of carbonyl (C=O) groups excluding carboxylic acids is 1. The van der Waals surface area contributed by atoms with E-state index in [-0.39, 0.29) is 12.0 Å². The average Bonchev–Trinajstić information content (AvgIpc) is 2.78. The Hall–Kier alpha value is -4.33. The third-order valence-electron chi connectivity index (χ3n) is 4.28. The van der Waals surface area contributed by atoms with Crippen molar-refractivity contribution in [3.8, 4) is 23.7 Å². The molecule has 0 spiro atoms. The Labute approximate surface area is 186 Å². The van der Waals surface area contributed by atoms with Crippen LogP contribution in [0.5, 0.6) is 5.75 Å². The number of rotatable bonds is 6. The molecule has 0 radical (unpaired) electrons. The highest BCUT2D eigenvalue weighted by molar-refractivity contribution is 6.04. The fourth-order valence-electron chi connectivity index (χ4n) is 2.85. The first kappa shape index (κ1) is 22.4. The number of nitrogens with one attached hydrogen (secondary N) is 1. The predicted octanol–water partition coefficient (Wildman–Crippen LogP) is 3.60. The number of nitrogen functional groups attached to an aromatic ring is 1. The van der Waals surface area contributed by atoms with Gasteiger partial charge in [-0.3, -0.25) is 4.79 Å². The Morgan fingerprint density at radius 1 is 1.12 bits per heavy atom. The minimum atomic E-state index is -0.376. The van der Waals surface area contributed by atoms with E-state index in [1.807, 2.05) is 25.1 Å². The molecule has 0 saturated heterocycles. The fourth-order valence-corrected chi connectivity index (χ4v) is 2.85. The van der Waals surface area contributed by atoms with Crippen molar-refractivity contribution in [1.82, 2.24) is 4.98 Å².